The van der Waals surface area contributed by atoms with E-state index in [0.717, 1.165) is 0 Å². The average molecular weight is 271 g/mol. The van der Waals surface area contributed by atoms with E-state index in [1.54, 1.807) is 13.8 Å². The van der Waals surface area contributed by atoms with Crippen LogP contribution in [0.15, 0.2) is 29.2 Å². The van der Waals surface area contributed by atoms with Gasteiger partial charge in [0, 0.05) is 5.56 Å². The fraction of sp³-hybridized carbons (Fsp3) is 0.417. The van der Waals surface area contributed by atoms with Crippen LogP contribution in [0, 0.1) is 0 Å². The maximum atomic E-state index is 12.0. The summed E-state index contributed by atoms with van der Waals surface area (Å²) in [5.74, 6) is -0.123. The molecule has 0 amide bonds. The molecule has 0 heterocycles. The molecule has 2 N–H and O–H groups in total. The maximum absolute atomic E-state index is 12.0. The summed E-state index contributed by atoms with van der Waals surface area (Å²) in [5, 5.41) is 9.05. The smallest absolute Gasteiger partial charge is 0.241 e. The number of Topliss-reactive ketones (excluding diaryl/α,β-unsaturated/α-hetero) is 1. The number of rotatable bonds is 5. The van der Waals surface area contributed by atoms with Crippen LogP contribution in [0.3, 0.4) is 0 Å². The van der Waals surface area contributed by atoms with E-state index in [9.17, 15) is 13.2 Å². The molecule has 0 bridgehead atoms. The zero-order valence-corrected chi connectivity index (χ0v) is 11.4. The molecular formula is C12H17NO4S. The van der Waals surface area contributed by atoms with E-state index in [0.29, 0.717) is 5.56 Å². The van der Waals surface area contributed by atoms with E-state index in [2.05, 4.69) is 4.72 Å². The third-order valence-electron chi connectivity index (χ3n) is 2.38. The molecule has 0 spiro atoms. The molecule has 0 aromatic heterocycles. The van der Waals surface area contributed by atoms with Crippen molar-refractivity contribution >= 4 is 15.8 Å². The summed E-state index contributed by atoms with van der Waals surface area (Å²) in [6, 6.07) is 5.66. The van der Waals surface area contributed by atoms with Crippen LogP contribution in [0.2, 0.25) is 0 Å². The van der Waals surface area contributed by atoms with Crippen LogP contribution in [0.4, 0.5) is 0 Å². The van der Waals surface area contributed by atoms with Gasteiger partial charge < -0.3 is 5.11 Å². The second-order valence-corrected chi connectivity index (χ2v) is 6.41. The lowest BCUT2D eigenvalue weighted by Crippen LogP contribution is -2.46. The van der Waals surface area contributed by atoms with Crippen molar-refractivity contribution in [3.05, 3.63) is 29.8 Å². The SMILES string of the molecule is CC(=O)c1ccc(S(=O)(=O)NC(C)(C)CO)cc1. The first-order chi connectivity index (χ1) is 8.18. The lowest BCUT2D eigenvalue weighted by Gasteiger charge is -2.23. The summed E-state index contributed by atoms with van der Waals surface area (Å²) < 4.78 is 26.3. The minimum Gasteiger partial charge on any atom is -0.394 e. The van der Waals surface area contributed by atoms with Crippen LogP contribution < -0.4 is 4.72 Å². The predicted molar refractivity (Wildman–Crippen MR) is 67.9 cm³/mol. The number of carbonyl (C=O) groups excluding carboxylic acids is 1. The number of sulfonamides is 1. The molecule has 0 saturated heterocycles. The molecule has 5 nitrogen and oxygen atoms in total. The highest BCUT2D eigenvalue weighted by Gasteiger charge is 2.25. The number of ketones is 1. The fourth-order valence-corrected chi connectivity index (χ4v) is 2.73. The normalized spacial score (nSPS) is 12.4. The molecule has 0 radical (unpaired) electrons. The second kappa shape index (κ2) is 5.17. The van der Waals surface area contributed by atoms with Gasteiger partial charge in [0.25, 0.3) is 0 Å². The Hall–Kier alpha value is -1.24. The van der Waals surface area contributed by atoms with Crippen LogP contribution in [-0.2, 0) is 10.0 Å². The number of benzene rings is 1. The molecule has 0 atom stereocenters. The highest BCUT2D eigenvalue weighted by molar-refractivity contribution is 7.89. The van der Waals surface area contributed by atoms with Gasteiger partial charge in [-0.15, -0.1) is 0 Å². The quantitative estimate of drug-likeness (QED) is 0.781. The van der Waals surface area contributed by atoms with Crippen LogP contribution in [0.5, 0.6) is 0 Å². The van der Waals surface area contributed by atoms with Crippen LogP contribution in [-0.4, -0.2) is 31.5 Å². The zero-order chi connectivity index (χ0) is 14.0. The minimum absolute atomic E-state index is 0.0639. The summed E-state index contributed by atoms with van der Waals surface area (Å²) in [4.78, 5) is 11.1. The molecule has 0 aliphatic heterocycles. The fourth-order valence-electron chi connectivity index (χ4n) is 1.32. The Morgan fingerprint density at radius 3 is 2.17 bits per heavy atom. The van der Waals surface area contributed by atoms with Crippen molar-refractivity contribution in [2.75, 3.05) is 6.61 Å². The van der Waals surface area contributed by atoms with Gasteiger partial charge in [0.2, 0.25) is 10.0 Å². The van der Waals surface area contributed by atoms with Gasteiger partial charge in [0.05, 0.1) is 17.0 Å². The number of carbonyl (C=O) groups is 1. The molecule has 1 aromatic rings. The van der Waals surface area contributed by atoms with Gasteiger partial charge in [-0.3, -0.25) is 4.79 Å². The third-order valence-corrected chi connectivity index (χ3v) is 4.09. The van der Waals surface area contributed by atoms with E-state index in [1.807, 2.05) is 0 Å². The standard InChI is InChI=1S/C12H17NO4S/c1-9(15)10-4-6-11(7-5-10)18(16,17)13-12(2,3)8-14/h4-7,13-14H,8H2,1-3H3. The van der Waals surface area contributed by atoms with Crippen LogP contribution >= 0.6 is 0 Å². The van der Waals surface area contributed by atoms with E-state index >= 15 is 0 Å². The number of hydrogen-bond donors (Lipinski definition) is 2. The molecule has 6 heteroatoms. The van der Waals surface area contributed by atoms with Gasteiger partial charge in [0.1, 0.15) is 0 Å². The Morgan fingerprint density at radius 2 is 1.78 bits per heavy atom. The van der Waals surface area contributed by atoms with E-state index in [4.69, 9.17) is 5.11 Å². The average Bonchev–Trinajstić information content (AvgIpc) is 2.28. The van der Waals surface area contributed by atoms with Crippen molar-refractivity contribution in [3.8, 4) is 0 Å². The van der Waals surface area contributed by atoms with E-state index in [1.165, 1.54) is 31.2 Å². The Morgan fingerprint density at radius 1 is 1.28 bits per heavy atom. The summed E-state index contributed by atoms with van der Waals surface area (Å²) >= 11 is 0. The van der Waals surface area contributed by atoms with Crippen LogP contribution in [0.25, 0.3) is 0 Å². The lowest BCUT2D eigenvalue weighted by molar-refractivity contribution is 0.101. The molecule has 1 rings (SSSR count). The molecule has 18 heavy (non-hydrogen) atoms. The summed E-state index contributed by atoms with van der Waals surface area (Å²) in [7, 11) is -3.69. The molecule has 0 saturated carbocycles. The Balaban J connectivity index is 3.03. The Kier molecular flexibility index (Phi) is 4.26. The van der Waals surface area contributed by atoms with E-state index in [-0.39, 0.29) is 17.3 Å². The van der Waals surface area contributed by atoms with Gasteiger partial charge in [-0.05, 0) is 32.9 Å². The predicted octanol–water partition coefficient (Wildman–Crippen LogP) is 0.938. The van der Waals surface area contributed by atoms with Crippen molar-refractivity contribution in [2.24, 2.45) is 0 Å². The first kappa shape index (κ1) is 14.8. The topological polar surface area (TPSA) is 83.5 Å². The summed E-state index contributed by atoms with van der Waals surface area (Å²) in [5.41, 5.74) is -0.478. The molecule has 1 aromatic carbocycles. The highest BCUT2D eigenvalue weighted by atomic mass is 32.2. The maximum Gasteiger partial charge on any atom is 0.241 e. The molecule has 100 valence electrons. The highest BCUT2D eigenvalue weighted by Crippen LogP contribution is 2.14. The van der Waals surface area contributed by atoms with Crippen LogP contribution in [0.1, 0.15) is 31.1 Å². The minimum atomic E-state index is -3.69. The van der Waals surface area contributed by atoms with Crippen molar-refractivity contribution in [3.63, 3.8) is 0 Å². The van der Waals surface area contributed by atoms with Gasteiger partial charge in [-0.2, -0.15) is 0 Å². The monoisotopic (exact) mass is 271 g/mol. The largest absolute Gasteiger partial charge is 0.394 e. The van der Waals surface area contributed by atoms with Gasteiger partial charge >= 0.3 is 0 Å². The number of aliphatic hydroxyl groups excluding tert-OH is 1. The Labute approximate surface area is 107 Å². The first-order valence-corrected chi connectivity index (χ1v) is 6.92. The van der Waals surface area contributed by atoms with Gasteiger partial charge in [-0.1, -0.05) is 12.1 Å². The number of nitrogens with one attached hydrogen (secondary N) is 1. The Bertz CT molecular complexity index is 532. The van der Waals surface area contributed by atoms with Crippen molar-refractivity contribution in [2.45, 2.75) is 31.2 Å². The summed E-state index contributed by atoms with van der Waals surface area (Å²) in [6.07, 6.45) is 0. The van der Waals surface area contributed by atoms with Gasteiger partial charge in [0.15, 0.2) is 5.78 Å². The first-order valence-electron chi connectivity index (χ1n) is 5.44. The zero-order valence-electron chi connectivity index (χ0n) is 10.6. The molecular weight excluding hydrogens is 254 g/mol. The van der Waals surface area contributed by atoms with Crippen molar-refractivity contribution in [1.29, 1.82) is 0 Å². The van der Waals surface area contributed by atoms with Crippen molar-refractivity contribution in [1.82, 2.24) is 4.72 Å². The lowest BCUT2D eigenvalue weighted by atomic mass is 10.1. The van der Waals surface area contributed by atoms with E-state index < -0.39 is 15.6 Å². The number of hydrogen-bond acceptors (Lipinski definition) is 4. The third kappa shape index (κ3) is 3.63. The molecule has 0 unspecified atom stereocenters. The number of aliphatic hydroxyl groups is 1. The molecule has 0 fully saturated rings. The second-order valence-electron chi connectivity index (χ2n) is 4.73. The summed E-state index contributed by atoms with van der Waals surface area (Å²) in [6.45, 7) is 4.26. The van der Waals surface area contributed by atoms with Gasteiger partial charge in [-0.25, -0.2) is 13.1 Å². The molecule has 0 aliphatic carbocycles. The molecule has 0 aliphatic rings. The van der Waals surface area contributed by atoms with Crippen molar-refractivity contribution < 1.29 is 18.3 Å².